The number of nitrogen functional groups attached to an aromatic ring is 1. The van der Waals surface area contributed by atoms with Crippen molar-refractivity contribution in [2.75, 3.05) is 18.8 Å². The average molecular weight is 255 g/mol. The van der Waals surface area contributed by atoms with Gasteiger partial charge in [0.25, 0.3) is 5.91 Å². The molecule has 1 aromatic heterocycles. The molecule has 3 rings (SSSR count). The lowest BCUT2D eigenvalue weighted by Gasteiger charge is -2.17. The molecule has 0 radical (unpaired) electrons. The molecule has 98 valence electrons. The van der Waals surface area contributed by atoms with Crippen molar-refractivity contribution in [1.29, 1.82) is 0 Å². The van der Waals surface area contributed by atoms with Crippen molar-refractivity contribution >= 4 is 22.5 Å². The van der Waals surface area contributed by atoms with Gasteiger partial charge in [0, 0.05) is 29.9 Å². The molecule has 0 atom stereocenters. The monoisotopic (exact) mass is 255 g/mol. The summed E-state index contributed by atoms with van der Waals surface area (Å²) in [6.07, 6.45) is 2.19. The maximum Gasteiger partial charge on any atom is 0.254 e. The van der Waals surface area contributed by atoms with Crippen molar-refractivity contribution in [2.45, 2.75) is 19.8 Å². The topological polar surface area (TPSA) is 59.2 Å². The van der Waals surface area contributed by atoms with Crippen molar-refractivity contribution in [2.24, 2.45) is 0 Å². The molecule has 0 bridgehead atoms. The summed E-state index contributed by atoms with van der Waals surface area (Å²) in [5.74, 6) is 0.0959. The van der Waals surface area contributed by atoms with E-state index in [0.29, 0.717) is 5.69 Å². The van der Waals surface area contributed by atoms with Crippen LogP contribution in [0.15, 0.2) is 24.3 Å². The van der Waals surface area contributed by atoms with Crippen LogP contribution < -0.4 is 5.73 Å². The molecule has 0 unspecified atom stereocenters. The third kappa shape index (κ3) is 2.14. The number of pyridine rings is 1. The highest BCUT2D eigenvalue weighted by Crippen LogP contribution is 2.23. The lowest BCUT2D eigenvalue weighted by molar-refractivity contribution is 0.0794. The van der Waals surface area contributed by atoms with Crippen molar-refractivity contribution < 1.29 is 4.79 Å². The first kappa shape index (κ1) is 12.0. The summed E-state index contributed by atoms with van der Waals surface area (Å²) < 4.78 is 0. The smallest absolute Gasteiger partial charge is 0.254 e. The molecule has 4 nitrogen and oxygen atoms in total. The molecule has 1 aromatic carbocycles. The van der Waals surface area contributed by atoms with Gasteiger partial charge in [-0.3, -0.25) is 9.78 Å². The van der Waals surface area contributed by atoms with Crippen LogP contribution >= 0.6 is 0 Å². The van der Waals surface area contributed by atoms with E-state index in [0.717, 1.165) is 48.1 Å². The molecule has 19 heavy (non-hydrogen) atoms. The Kier molecular flexibility index (Phi) is 2.85. The number of rotatable bonds is 1. The number of benzene rings is 1. The van der Waals surface area contributed by atoms with Gasteiger partial charge >= 0.3 is 0 Å². The summed E-state index contributed by atoms with van der Waals surface area (Å²) in [5.41, 5.74) is 8.90. The molecular weight excluding hydrogens is 238 g/mol. The Balaban J connectivity index is 2.15. The number of aromatic nitrogens is 1. The molecule has 1 saturated heterocycles. The summed E-state index contributed by atoms with van der Waals surface area (Å²) >= 11 is 0. The SMILES string of the molecule is Cc1cc(C(=O)N2CCCC2)c2cc(N)ccc2n1. The Morgan fingerprint density at radius 1 is 1.26 bits per heavy atom. The number of hydrogen-bond acceptors (Lipinski definition) is 3. The van der Waals surface area contributed by atoms with E-state index in [4.69, 9.17) is 5.73 Å². The number of nitrogens with zero attached hydrogens (tertiary/aromatic N) is 2. The first-order chi connectivity index (χ1) is 9.15. The van der Waals surface area contributed by atoms with E-state index < -0.39 is 0 Å². The highest BCUT2D eigenvalue weighted by molar-refractivity contribution is 6.07. The van der Waals surface area contributed by atoms with Gasteiger partial charge in [-0.15, -0.1) is 0 Å². The predicted molar refractivity (Wildman–Crippen MR) is 76.0 cm³/mol. The molecule has 1 aliphatic heterocycles. The molecule has 2 aromatic rings. The van der Waals surface area contributed by atoms with Crippen LogP contribution in [0.25, 0.3) is 10.9 Å². The fourth-order valence-electron chi connectivity index (χ4n) is 2.64. The van der Waals surface area contributed by atoms with Gasteiger partial charge in [0.15, 0.2) is 0 Å². The quantitative estimate of drug-likeness (QED) is 0.796. The van der Waals surface area contributed by atoms with Crippen molar-refractivity contribution in [3.05, 3.63) is 35.5 Å². The van der Waals surface area contributed by atoms with E-state index in [1.165, 1.54) is 0 Å². The third-order valence-corrected chi connectivity index (χ3v) is 3.58. The first-order valence-electron chi connectivity index (χ1n) is 6.61. The molecule has 4 heteroatoms. The number of anilines is 1. The summed E-state index contributed by atoms with van der Waals surface area (Å²) in [7, 11) is 0. The zero-order chi connectivity index (χ0) is 13.4. The van der Waals surface area contributed by atoms with E-state index in [1.807, 2.05) is 36.1 Å². The van der Waals surface area contributed by atoms with Gasteiger partial charge in [0.05, 0.1) is 11.1 Å². The second kappa shape index (κ2) is 4.53. The van der Waals surface area contributed by atoms with E-state index in [2.05, 4.69) is 4.98 Å². The van der Waals surface area contributed by atoms with Gasteiger partial charge in [-0.05, 0) is 44.0 Å². The van der Waals surface area contributed by atoms with Gasteiger partial charge < -0.3 is 10.6 Å². The minimum Gasteiger partial charge on any atom is -0.399 e. The van der Waals surface area contributed by atoms with Gasteiger partial charge in [0.1, 0.15) is 0 Å². The molecule has 1 amide bonds. The number of likely N-dealkylation sites (tertiary alicyclic amines) is 1. The normalized spacial score (nSPS) is 15.1. The van der Waals surface area contributed by atoms with Crippen molar-refractivity contribution in [1.82, 2.24) is 9.88 Å². The van der Waals surface area contributed by atoms with Crippen LogP contribution in [-0.4, -0.2) is 28.9 Å². The van der Waals surface area contributed by atoms with Crippen LogP contribution in [0.5, 0.6) is 0 Å². The highest BCUT2D eigenvalue weighted by atomic mass is 16.2. The van der Waals surface area contributed by atoms with Crippen LogP contribution in [0.3, 0.4) is 0 Å². The summed E-state index contributed by atoms with van der Waals surface area (Å²) in [6.45, 7) is 3.62. The summed E-state index contributed by atoms with van der Waals surface area (Å²) in [6, 6.07) is 7.39. The zero-order valence-corrected chi connectivity index (χ0v) is 11.0. The van der Waals surface area contributed by atoms with Crippen molar-refractivity contribution in [3.63, 3.8) is 0 Å². The van der Waals surface area contributed by atoms with Crippen molar-refractivity contribution in [3.8, 4) is 0 Å². The molecule has 1 aliphatic rings. The van der Waals surface area contributed by atoms with Crippen LogP contribution in [0.1, 0.15) is 28.9 Å². The van der Waals surface area contributed by atoms with Crippen LogP contribution in [0.2, 0.25) is 0 Å². The van der Waals surface area contributed by atoms with E-state index >= 15 is 0 Å². The highest BCUT2D eigenvalue weighted by Gasteiger charge is 2.21. The Labute approximate surface area is 112 Å². The molecule has 2 heterocycles. The van der Waals surface area contributed by atoms with Gasteiger partial charge in [-0.2, -0.15) is 0 Å². The molecule has 1 fully saturated rings. The number of carbonyl (C=O) groups excluding carboxylic acids is 1. The molecule has 0 spiro atoms. The Morgan fingerprint density at radius 2 is 2.00 bits per heavy atom. The number of aryl methyl sites for hydroxylation is 1. The van der Waals surface area contributed by atoms with Crippen LogP contribution in [0.4, 0.5) is 5.69 Å². The fourth-order valence-corrected chi connectivity index (χ4v) is 2.64. The van der Waals surface area contributed by atoms with Gasteiger partial charge in [0.2, 0.25) is 0 Å². The van der Waals surface area contributed by atoms with Crippen LogP contribution in [0, 0.1) is 6.92 Å². The van der Waals surface area contributed by atoms with E-state index in [9.17, 15) is 4.79 Å². The largest absolute Gasteiger partial charge is 0.399 e. The maximum atomic E-state index is 12.6. The Morgan fingerprint density at radius 3 is 2.74 bits per heavy atom. The number of carbonyl (C=O) groups is 1. The standard InChI is InChI=1S/C15H17N3O/c1-10-8-13(15(19)18-6-2-3-7-18)12-9-11(16)4-5-14(12)17-10/h4-5,8-9H,2-3,6-7,16H2,1H3. The lowest BCUT2D eigenvalue weighted by atomic mass is 10.1. The minimum absolute atomic E-state index is 0.0959. The zero-order valence-electron chi connectivity index (χ0n) is 11.0. The summed E-state index contributed by atoms with van der Waals surface area (Å²) in [5, 5.41) is 0.850. The fraction of sp³-hybridized carbons (Fsp3) is 0.333. The van der Waals surface area contributed by atoms with Crippen LogP contribution in [-0.2, 0) is 0 Å². The number of amides is 1. The van der Waals surface area contributed by atoms with E-state index in [1.54, 1.807) is 0 Å². The van der Waals surface area contributed by atoms with Gasteiger partial charge in [-0.1, -0.05) is 0 Å². The second-order valence-electron chi connectivity index (χ2n) is 5.09. The number of fused-ring (bicyclic) bond motifs is 1. The Bertz CT molecular complexity index is 645. The first-order valence-corrected chi connectivity index (χ1v) is 6.61. The lowest BCUT2D eigenvalue weighted by Crippen LogP contribution is -2.28. The number of hydrogen-bond donors (Lipinski definition) is 1. The maximum absolute atomic E-state index is 12.6. The van der Waals surface area contributed by atoms with E-state index in [-0.39, 0.29) is 5.91 Å². The molecule has 2 N–H and O–H groups in total. The van der Waals surface area contributed by atoms with Gasteiger partial charge in [-0.25, -0.2) is 0 Å². The third-order valence-electron chi connectivity index (χ3n) is 3.58. The second-order valence-corrected chi connectivity index (χ2v) is 5.09. The Hall–Kier alpha value is -2.10. The average Bonchev–Trinajstić information content (AvgIpc) is 2.91. The number of nitrogens with two attached hydrogens (primary N) is 1. The molecule has 0 aliphatic carbocycles. The molecule has 0 saturated carbocycles. The predicted octanol–water partition coefficient (Wildman–Crippen LogP) is 2.36. The minimum atomic E-state index is 0.0959. The molecular formula is C15H17N3O. The summed E-state index contributed by atoms with van der Waals surface area (Å²) in [4.78, 5) is 19.0.